The Balaban J connectivity index is 1.31. The van der Waals surface area contributed by atoms with E-state index in [1.54, 1.807) is 36.0 Å². The number of pyridine rings is 1. The zero-order valence-corrected chi connectivity index (χ0v) is 22.6. The van der Waals surface area contributed by atoms with Crippen LogP contribution in [0.2, 0.25) is 0 Å². The highest BCUT2D eigenvalue weighted by molar-refractivity contribution is 6.02. The van der Waals surface area contributed by atoms with E-state index in [1.807, 2.05) is 25.7 Å². The van der Waals surface area contributed by atoms with Gasteiger partial charge in [-0.05, 0) is 39.3 Å². The summed E-state index contributed by atoms with van der Waals surface area (Å²) in [5.41, 5.74) is 2.62. The zero-order valence-electron chi connectivity index (χ0n) is 22.6. The molecule has 0 N–H and O–H groups in total. The maximum Gasteiger partial charge on any atom is 0.522 e. The second-order valence-corrected chi connectivity index (χ2v) is 10.3. The number of benzene rings is 1. The molecule has 0 aliphatic carbocycles. The molecule has 1 aliphatic heterocycles. The third kappa shape index (κ3) is 5.58. The smallest absolute Gasteiger partial charge is 0.371 e. The summed E-state index contributed by atoms with van der Waals surface area (Å²) in [5.74, 6) is -0.493. The Morgan fingerprint density at radius 3 is 2.60 bits per heavy atom. The lowest BCUT2D eigenvalue weighted by Gasteiger charge is -2.19. The molecule has 13 heteroatoms. The van der Waals surface area contributed by atoms with Crippen molar-refractivity contribution < 1.29 is 27.0 Å². The first-order chi connectivity index (χ1) is 18.9. The molecule has 40 heavy (non-hydrogen) atoms. The summed E-state index contributed by atoms with van der Waals surface area (Å²) in [5, 5.41) is 8.91. The van der Waals surface area contributed by atoms with Crippen LogP contribution in [0.1, 0.15) is 45.0 Å². The fourth-order valence-electron chi connectivity index (χ4n) is 5.15. The Hall–Kier alpha value is -3.42. The van der Waals surface area contributed by atoms with Crippen LogP contribution in [0.3, 0.4) is 0 Å². The van der Waals surface area contributed by atoms with Gasteiger partial charge in [0.1, 0.15) is 11.3 Å². The quantitative estimate of drug-likeness (QED) is 0.287. The predicted octanol–water partition coefficient (Wildman–Crippen LogP) is 4.75. The molecule has 4 heterocycles. The molecule has 1 aromatic carbocycles. The van der Waals surface area contributed by atoms with Crippen LogP contribution in [0.4, 0.5) is 17.6 Å². The molecule has 1 unspecified atom stereocenters. The van der Waals surface area contributed by atoms with E-state index in [4.69, 9.17) is 4.74 Å². The average molecular weight is 563 g/mol. The Morgan fingerprint density at radius 2 is 1.93 bits per heavy atom. The lowest BCUT2D eigenvalue weighted by Crippen LogP contribution is -2.30. The minimum atomic E-state index is -4.63. The molecule has 0 radical (unpaired) electrons. The van der Waals surface area contributed by atoms with E-state index in [9.17, 15) is 18.0 Å². The molecule has 0 amide bonds. The van der Waals surface area contributed by atoms with E-state index in [0.717, 1.165) is 0 Å². The van der Waals surface area contributed by atoms with Gasteiger partial charge in [-0.3, -0.25) is 23.8 Å². The number of aryl methyl sites for hydroxylation is 1. The van der Waals surface area contributed by atoms with Crippen molar-refractivity contribution in [3.8, 4) is 11.1 Å². The summed E-state index contributed by atoms with van der Waals surface area (Å²) >= 11 is 0. The van der Waals surface area contributed by atoms with Gasteiger partial charge in [-0.15, -0.1) is 23.4 Å². The van der Waals surface area contributed by atoms with Crippen molar-refractivity contribution in [1.82, 2.24) is 29.2 Å². The van der Waals surface area contributed by atoms with Crippen LogP contribution < -0.4 is 5.69 Å². The number of hydrogen-bond donors (Lipinski definition) is 0. The van der Waals surface area contributed by atoms with Crippen molar-refractivity contribution in [3.63, 3.8) is 0 Å². The summed E-state index contributed by atoms with van der Waals surface area (Å²) in [6.45, 7) is 7.12. The Kier molecular flexibility index (Phi) is 7.64. The molecule has 1 fully saturated rings. The van der Waals surface area contributed by atoms with Crippen LogP contribution in [-0.4, -0.2) is 67.9 Å². The third-order valence-electron chi connectivity index (χ3n) is 7.19. The monoisotopic (exact) mass is 562 g/mol. The molecule has 0 spiro atoms. The fourth-order valence-corrected chi connectivity index (χ4v) is 5.15. The van der Waals surface area contributed by atoms with Gasteiger partial charge in [0.25, 0.3) is 0 Å². The molecular formula is C27H30F4N6O3. The summed E-state index contributed by atoms with van der Waals surface area (Å²) in [7, 11) is 1.63. The van der Waals surface area contributed by atoms with Gasteiger partial charge in [0.15, 0.2) is 5.65 Å². The molecule has 4 aromatic rings. The van der Waals surface area contributed by atoms with Crippen molar-refractivity contribution in [3.05, 3.63) is 52.5 Å². The third-order valence-corrected chi connectivity index (χ3v) is 7.19. The van der Waals surface area contributed by atoms with Gasteiger partial charge in [0.05, 0.1) is 30.0 Å². The highest BCUT2D eigenvalue weighted by Gasteiger charge is 2.36. The Morgan fingerprint density at radius 1 is 1.15 bits per heavy atom. The van der Waals surface area contributed by atoms with Gasteiger partial charge in [-0.1, -0.05) is 6.07 Å². The van der Waals surface area contributed by atoms with E-state index in [0.29, 0.717) is 65.0 Å². The topological polar surface area (TPSA) is 87.3 Å². The highest BCUT2D eigenvalue weighted by atomic mass is 19.4. The van der Waals surface area contributed by atoms with Crippen LogP contribution in [0.25, 0.3) is 33.2 Å². The maximum atomic E-state index is 15.2. The second-order valence-electron chi connectivity index (χ2n) is 10.3. The molecule has 214 valence electrons. The Bertz CT molecular complexity index is 1580. The van der Waals surface area contributed by atoms with E-state index >= 15 is 4.39 Å². The van der Waals surface area contributed by atoms with Gasteiger partial charge >= 0.3 is 12.1 Å². The summed E-state index contributed by atoms with van der Waals surface area (Å²) < 4.78 is 65.4. The number of hydrogen-bond acceptors (Lipinski definition) is 7. The molecule has 1 aliphatic rings. The minimum absolute atomic E-state index is 0.139. The SMILES string of the molecule is CC(C)n1c(=O)n(C)c2nnc3cc(F)c(-c4ccc([C@@H](C)OCCN5CCC(OC(F)(F)F)C5)nc4)cc3c21. The van der Waals surface area contributed by atoms with Crippen LogP contribution in [0.5, 0.6) is 0 Å². The summed E-state index contributed by atoms with van der Waals surface area (Å²) in [6, 6.07) is 6.33. The molecule has 1 saturated heterocycles. The Labute approximate surface area is 227 Å². The van der Waals surface area contributed by atoms with Crippen molar-refractivity contribution in [2.45, 2.75) is 51.8 Å². The number of fused-ring (bicyclic) bond motifs is 3. The van der Waals surface area contributed by atoms with Gasteiger partial charge in [-0.25, -0.2) is 9.18 Å². The number of rotatable bonds is 8. The van der Waals surface area contributed by atoms with Gasteiger partial charge < -0.3 is 4.74 Å². The van der Waals surface area contributed by atoms with Gasteiger partial charge in [-0.2, -0.15) is 0 Å². The normalized spacial score (nSPS) is 17.5. The highest BCUT2D eigenvalue weighted by Crippen LogP contribution is 2.31. The summed E-state index contributed by atoms with van der Waals surface area (Å²) in [6.07, 6.45) is -3.98. The fraction of sp³-hybridized carbons (Fsp3) is 0.481. The lowest BCUT2D eigenvalue weighted by molar-refractivity contribution is -0.340. The minimum Gasteiger partial charge on any atom is -0.371 e. The first-order valence-electron chi connectivity index (χ1n) is 13.0. The summed E-state index contributed by atoms with van der Waals surface area (Å²) in [4.78, 5) is 19.2. The van der Waals surface area contributed by atoms with Crippen molar-refractivity contribution >= 4 is 22.1 Å². The standard InChI is InChI=1S/C27H30F4N6O3/c1-15(2)37-24-20-11-19(21(28)12-23(20)33-34-25(24)35(4)26(37)38)17-5-6-22(32-13-17)16(3)39-10-9-36-8-7-18(14-36)40-27(29,30)31/h5-6,11-13,15-16,18H,7-10,14H2,1-4H3/t16-,18?/m1/s1. The number of likely N-dealkylation sites (tertiary alicyclic amines) is 1. The largest absolute Gasteiger partial charge is 0.522 e. The maximum absolute atomic E-state index is 15.2. The van der Waals surface area contributed by atoms with E-state index < -0.39 is 18.3 Å². The number of halogens is 4. The average Bonchev–Trinajstić information content (AvgIpc) is 3.43. The molecule has 0 bridgehead atoms. The van der Waals surface area contributed by atoms with Crippen molar-refractivity contribution in [2.75, 3.05) is 26.2 Å². The molecule has 3 aromatic heterocycles. The number of alkyl halides is 3. The molecular weight excluding hydrogens is 532 g/mol. The van der Waals surface area contributed by atoms with Crippen LogP contribution >= 0.6 is 0 Å². The molecule has 2 atom stereocenters. The number of ether oxygens (including phenoxy) is 2. The van der Waals surface area contributed by atoms with Gasteiger partial charge in [0, 0.05) is 61.5 Å². The van der Waals surface area contributed by atoms with E-state index in [2.05, 4.69) is 19.9 Å². The van der Waals surface area contributed by atoms with Crippen LogP contribution in [0.15, 0.2) is 35.3 Å². The second kappa shape index (κ2) is 10.9. The van der Waals surface area contributed by atoms with Crippen LogP contribution in [-0.2, 0) is 16.5 Å². The zero-order chi connectivity index (χ0) is 28.8. The number of imidazole rings is 1. The number of nitrogens with zero attached hydrogens (tertiary/aromatic N) is 6. The van der Waals surface area contributed by atoms with E-state index in [1.165, 1.54) is 10.6 Å². The molecule has 5 rings (SSSR count). The molecule has 0 saturated carbocycles. The van der Waals surface area contributed by atoms with E-state index in [-0.39, 0.29) is 24.4 Å². The predicted molar refractivity (Wildman–Crippen MR) is 140 cm³/mol. The molecule has 9 nitrogen and oxygen atoms in total. The van der Waals surface area contributed by atoms with Crippen LogP contribution in [0, 0.1) is 5.82 Å². The first kappa shape index (κ1) is 28.1. The van der Waals surface area contributed by atoms with Crippen molar-refractivity contribution in [2.24, 2.45) is 7.05 Å². The lowest BCUT2D eigenvalue weighted by atomic mass is 10.0. The number of aromatic nitrogens is 5. The van der Waals surface area contributed by atoms with Crippen molar-refractivity contribution in [1.29, 1.82) is 0 Å². The van der Waals surface area contributed by atoms with Gasteiger partial charge in [0.2, 0.25) is 0 Å². The first-order valence-corrected chi connectivity index (χ1v) is 13.0.